The predicted octanol–water partition coefficient (Wildman–Crippen LogP) is -0.495. The van der Waals surface area contributed by atoms with E-state index in [0.717, 1.165) is 5.56 Å². The van der Waals surface area contributed by atoms with Gasteiger partial charge in [-0.05, 0) is 19.4 Å². The lowest BCUT2D eigenvalue weighted by molar-refractivity contribution is -0.151. The van der Waals surface area contributed by atoms with Gasteiger partial charge in [-0.25, -0.2) is 4.79 Å². The molecule has 1 amide bonds. The number of amides is 1. The summed E-state index contributed by atoms with van der Waals surface area (Å²) in [5, 5.41) is 32.5. The Hall–Kier alpha value is -2.14. The number of aliphatic hydroxyl groups is 2. The number of nitrogens with one attached hydrogen (secondary N) is 2. The number of thioether (sulfide) groups is 1. The molecule has 29 heavy (non-hydrogen) atoms. The Kier molecular flexibility index (Phi) is 8.03. The molecule has 0 bridgehead atoms. The second kappa shape index (κ2) is 10.1. The van der Waals surface area contributed by atoms with Crippen LogP contribution in [0.5, 0.6) is 0 Å². The maximum Gasteiger partial charge on any atom is 0.331 e. The third kappa shape index (κ3) is 6.43. The van der Waals surface area contributed by atoms with Gasteiger partial charge in [0.2, 0.25) is 5.91 Å². The summed E-state index contributed by atoms with van der Waals surface area (Å²) in [5.74, 6) is -2.32. The van der Waals surface area contributed by atoms with Gasteiger partial charge < -0.3 is 25.4 Å². The Morgan fingerprint density at radius 3 is 2.48 bits per heavy atom. The van der Waals surface area contributed by atoms with Crippen LogP contribution in [0.3, 0.4) is 0 Å². The van der Waals surface area contributed by atoms with Crippen LogP contribution < -0.4 is 10.6 Å². The Morgan fingerprint density at radius 1 is 1.28 bits per heavy atom. The van der Waals surface area contributed by atoms with Crippen LogP contribution in [0.1, 0.15) is 19.4 Å². The first-order valence-electron chi connectivity index (χ1n) is 9.09. The molecule has 1 aliphatic heterocycles. The fourth-order valence-electron chi connectivity index (χ4n) is 2.91. The van der Waals surface area contributed by atoms with Gasteiger partial charge in [-0.1, -0.05) is 30.3 Å². The second-order valence-corrected chi connectivity index (χ2v) is 9.05. The molecule has 1 aliphatic rings. The normalized spacial score (nSPS) is 22.5. The van der Waals surface area contributed by atoms with Gasteiger partial charge in [0, 0.05) is 4.75 Å². The zero-order chi connectivity index (χ0) is 21.6. The molecular weight excluding hydrogens is 400 g/mol. The third-order valence-corrected chi connectivity index (χ3v) is 5.92. The number of hydrogen-bond donors (Lipinski definition) is 5. The molecule has 1 unspecified atom stereocenters. The molecular formula is C19H26N2O7S. The molecule has 1 fully saturated rings. The molecule has 9 nitrogen and oxygen atoms in total. The number of carboxylic acid groups (broad SMARTS) is 1. The van der Waals surface area contributed by atoms with Gasteiger partial charge in [-0.15, -0.1) is 11.8 Å². The molecule has 1 aromatic carbocycles. The van der Waals surface area contributed by atoms with Crippen LogP contribution in [0.2, 0.25) is 0 Å². The zero-order valence-electron chi connectivity index (χ0n) is 16.2. The van der Waals surface area contributed by atoms with E-state index in [1.54, 1.807) is 38.1 Å². The Balaban J connectivity index is 2.14. The number of hydrogen-bond acceptors (Lipinski definition) is 8. The molecule has 1 heterocycles. The highest BCUT2D eigenvalue weighted by Crippen LogP contribution is 2.39. The summed E-state index contributed by atoms with van der Waals surface area (Å²) in [7, 11) is 0. The molecule has 160 valence electrons. The van der Waals surface area contributed by atoms with Crippen molar-refractivity contribution in [2.75, 3.05) is 13.2 Å². The molecule has 0 aromatic heterocycles. The van der Waals surface area contributed by atoms with Gasteiger partial charge in [-0.2, -0.15) is 0 Å². The molecule has 1 aromatic rings. The lowest BCUT2D eigenvalue weighted by atomic mass is 10.0. The minimum absolute atomic E-state index is 0.0347. The number of esters is 1. The first kappa shape index (κ1) is 23.1. The molecule has 2 rings (SSSR count). The first-order valence-corrected chi connectivity index (χ1v) is 9.97. The van der Waals surface area contributed by atoms with Gasteiger partial charge in [0.15, 0.2) is 6.04 Å². The van der Waals surface area contributed by atoms with E-state index in [9.17, 15) is 24.6 Å². The van der Waals surface area contributed by atoms with Crippen LogP contribution in [-0.2, 0) is 25.5 Å². The smallest absolute Gasteiger partial charge is 0.331 e. The molecule has 0 radical (unpaired) electrons. The van der Waals surface area contributed by atoms with Crippen molar-refractivity contribution in [2.45, 2.75) is 48.6 Å². The van der Waals surface area contributed by atoms with Gasteiger partial charge in [0.05, 0.1) is 18.4 Å². The molecule has 0 aliphatic carbocycles. The largest absolute Gasteiger partial charge is 0.480 e. The van der Waals surface area contributed by atoms with Crippen molar-refractivity contribution in [1.82, 2.24) is 10.6 Å². The van der Waals surface area contributed by atoms with Gasteiger partial charge in [0.25, 0.3) is 0 Å². The maximum atomic E-state index is 12.6. The van der Waals surface area contributed by atoms with E-state index < -0.39 is 59.4 Å². The van der Waals surface area contributed by atoms with Gasteiger partial charge >= 0.3 is 11.9 Å². The summed E-state index contributed by atoms with van der Waals surface area (Å²) < 4.78 is 4.29. The van der Waals surface area contributed by atoms with Crippen LogP contribution in [0.15, 0.2) is 30.3 Å². The topological polar surface area (TPSA) is 145 Å². The molecule has 4 atom stereocenters. The van der Waals surface area contributed by atoms with E-state index in [-0.39, 0.29) is 6.42 Å². The number of benzene rings is 1. The number of carboxylic acids is 1. The van der Waals surface area contributed by atoms with Gasteiger partial charge in [-0.3, -0.25) is 14.9 Å². The summed E-state index contributed by atoms with van der Waals surface area (Å²) in [6, 6.07) is 6.85. The summed E-state index contributed by atoms with van der Waals surface area (Å²) >= 11 is 1.21. The molecule has 0 saturated carbocycles. The van der Waals surface area contributed by atoms with Crippen LogP contribution >= 0.6 is 11.8 Å². The second-order valence-electron chi connectivity index (χ2n) is 7.25. The van der Waals surface area contributed by atoms with Crippen molar-refractivity contribution in [3.8, 4) is 0 Å². The summed E-state index contributed by atoms with van der Waals surface area (Å²) in [6.45, 7) is 2.44. The lowest BCUT2D eigenvalue weighted by Gasteiger charge is -2.24. The van der Waals surface area contributed by atoms with E-state index >= 15 is 0 Å². The lowest BCUT2D eigenvalue weighted by Crippen LogP contribution is -2.54. The van der Waals surface area contributed by atoms with E-state index in [1.165, 1.54) is 11.8 Å². The van der Waals surface area contributed by atoms with E-state index in [1.807, 2.05) is 6.07 Å². The highest BCUT2D eigenvalue weighted by molar-refractivity contribution is 8.01. The molecule has 0 spiro atoms. The van der Waals surface area contributed by atoms with E-state index in [4.69, 9.17) is 9.84 Å². The van der Waals surface area contributed by atoms with Gasteiger partial charge in [0.1, 0.15) is 18.8 Å². The van der Waals surface area contributed by atoms with Crippen molar-refractivity contribution >= 4 is 29.6 Å². The van der Waals surface area contributed by atoms with Crippen LogP contribution in [-0.4, -0.2) is 74.7 Å². The quantitative estimate of drug-likeness (QED) is 0.330. The predicted molar refractivity (Wildman–Crippen MR) is 106 cm³/mol. The summed E-state index contributed by atoms with van der Waals surface area (Å²) in [6.07, 6.45) is -1.21. The van der Waals surface area contributed by atoms with Crippen molar-refractivity contribution in [2.24, 2.45) is 0 Å². The SMILES string of the molecule is CC1(C)S[C@H]([C@H](NC(=O)Cc2ccccc2)C(=O)OCC(O)CO)N[C@H]1C(=O)O. The number of aliphatic hydroxyl groups excluding tert-OH is 2. The highest BCUT2D eigenvalue weighted by Gasteiger charge is 2.49. The minimum atomic E-state index is -1.24. The average Bonchev–Trinajstić information content (AvgIpc) is 2.99. The summed E-state index contributed by atoms with van der Waals surface area (Å²) in [5.41, 5.74) is 0.753. The number of rotatable bonds is 9. The van der Waals surface area contributed by atoms with Crippen molar-refractivity contribution in [1.29, 1.82) is 0 Å². The van der Waals surface area contributed by atoms with Crippen LogP contribution in [0, 0.1) is 0 Å². The molecule has 10 heteroatoms. The summed E-state index contributed by atoms with van der Waals surface area (Å²) in [4.78, 5) is 36.6. The Bertz CT molecular complexity index is 729. The van der Waals surface area contributed by atoms with Crippen molar-refractivity contribution in [3.05, 3.63) is 35.9 Å². The van der Waals surface area contributed by atoms with Crippen LogP contribution in [0.4, 0.5) is 0 Å². The fraction of sp³-hybridized carbons (Fsp3) is 0.526. The average molecular weight is 426 g/mol. The molecule has 5 N–H and O–H groups in total. The monoisotopic (exact) mass is 426 g/mol. The zero-order valence-corrected chi connectivity index (χ0v) is 17.0. The first-order chi connectivity index (χ1) is 13.6. The Labute approximate surface area is 172 Å². The standard InChI is InChI=1S/C19H26N2O7S/c1-19(2)15(17(25)26)21-16(29-19)14(18(27)28-10-12(23)9-22)20-13(24)8-11-6-4-3-5-7-11/h3-7,12,14-16,21-23H,8-10H2,1-2H3,(H,20,24)(H,25,26)/t12?,14-,15-,16+/m0/s1. The van der Waals surface area contributed by atoms with E-state index in [2.05, 4.69) is 10.6 Å². The third-order valence-electron chi connectivity index (χ3n) is 4.41. The Morgan fingerprint density at radius 2 is 1.93 bits per heavy atom. The van der Waals surface area contributed by atoms with Crippen molar-refractivity contribution in [3.63, 3.8) is 0 Å². The number of carbonyl (C=O) groups excluding carboxylic acids is 2. The minimum Gasteiger partial charge on any atom is -0.480 e. The maximum absolute atomic E-state index is 12.6. The molecule has 1 saturated heterocycles. The van der Waals surface area contributed by atoms with Crippen LogP contribution in [0.25, 0.3) is 0 Å². The van der Waals surface area contributed by atoms with E-state index in [0.29, 0.717) is 0 Å². The number of aliphatic carboxylic acids is 1. The number of carbonyl (C=O) groups is 3. The highest BCUT2D eigenvalue weighted by atomic mass is 32.2. The number of ether oxygens (including phenoxy) is 1. The van der Waals surface area contributed by atoms with Crippen molar-refractivity contribution < 1.29 is 34.4 Å². The fourth-order valence-corrected chi connectivity index (χ4v) is 4.39.